The molecule has 0 atom stereocenters. The van der Waals surface area contributed by atoms with Crippen LogP contribution in [0.5, 0.6) is 0 Å². The largest absolute Gasteiger partial charge is 0.481 e. The van der Waals surface area contributed by atoms with Gasteiger partial charge < -0.3 is 10.8 Å². The lowest BCUT2D eigenvalue weighted by molar-refractivity contribution is -0.136. The molecule has 4 nitrogen and oxygen atoms in total. The smallest absolute Gasteiger partial charge is 0.307 e. The first-order valence-electron chi connectivity index (χ1n) is 4.76. The van der Waals surface area contributed by atoms with Crippen LogP contribution in [0.2, 0.25) is 0 Å². The van der Waals surface area contributed by atoms with Crippen molar-refractivity contribution in [2.45, 2.75) is 12.8 Å². The second kappa shape index (κ2) is 5.66. The monoisotopic (exact) mass is 235 g/mol. The van der Waals surface area contributed by atoms with Crippen LogP contribution in [0.15, 0.2) is 18.2 Å². The van der Waals surface area contributed by atoms with Gasteiger partial charge in [0.05, 0.1) is 18.4 Å². The van der Waals surface area contributed by atoms with E-state index in [0.29, 0.717) is 5.56 Å². The van der Waals surface area contributed by atoms with Crippen LogP contribution in [-0.4, -0.2) is 17.0 Å². The molecule has 0 aliphatic rings. The van der Waals surface area contributed by atoms with Crippen LogP contribution >= 0.6 is 0 Å². The third-order valence-electron chi connectivity index (χ3n) is 1.87. The average molecular weight is 235 g/mol. The van der Waals surface area contributed by atoms with Gasteiger partial charge in [-0.2, -0.15) is 0 Å². The molecular formula is C12H10FNO3. The molecule has 0 heterocycles. The Morgan fingerprint density at radius 3 is 2.71 bits per heavy atom. The first-order chi connectivity index (χ1) is 7.99. The van der Waals surface area contributed by atoms with E-state index in [0.717, 1.165) is 6.07 Å². The predicted octanol–water partition coefficient (Wildman–Crippen LogP) is 0.680. The molecule has 17 heavy (non-hydrogen) atoms. The molecule has 0 aliphatic carbocycles. The summed E-state index contributed by atoms with van der Waals surface area (Å²) in [6.07, 6.45) is -0.368. The van der Waals surface area contributed by atoms with Crippen molar-refractivity contribution in [1.29, 1.82) is 0 Å². The molecule has 0 radical (unpaired) electrons. The number of primary amides is 1. The van der Waals surface area contributed by atoms with E-state index in [1.807, 2.05) is 0 Å². The quantitative estimate of drug-likeness (QED) is 0.756. The number of aliphatic carboxylic acids is 1. The van der Waals surface area contributed by atoms with Crippen LogP contribution < -0.4 is 5.73 Å². The normalized spacial score (nSPS) is 9.24. The molecule has 0 unspecified atom stereocenters. The van der Waals surface area contributed by atoms with Crippen LogP contribution in [0.4, 0.5) is 4.39 Å². The second-order valence-electron chi connectivity index (χ2n) is 3.33. The molecule has 88 valence electrons. The van der Waals surface area contributed by atoms with Crippen LogP contribution in [0.1, 0.15) is 17.5 Å². The predicted molar refractivity (Wildman–Crippen MR) is 58.4 cm³/mol. The van der Waals surface area contributed by atoms with Gasteiger partial charge in [-0.15, -0.1) is 0 Å². The van der Waals surface area contributed by atoms with Gasteiger partial charge in [-0.25, -0.2) is 4.39 Å². The van der Waals surface area contributed by atoms with Crippen molar-refractivity contribution in [3.63, 3.8) is 0 Å². The summed E-state index contributed by atoms with van der Waals surface area (Å²) in [5, 5.41) is 8.58. The fraction of sp³-hybridized carbons (Fsp3) is 0.167. The van der Waals surface area contributed by atoms with E-state index in [1.165, 1.54) is 12.1 Å². The second-order valence-corrected chi connectivity index (χ2v) is 3.33. The fourth-order valence-electron chi connectivity index (χ4n) is 1.18. The minimum atomic E-state index is -1.01. The summed E-state index contributed by atoms with van der Waals surface area (Å²) in [5.41, 5.74) is 5.38. The van der Waals surface area contributed by atoms with Crippen molar-refractivity contribution in [3.05, 3.63) is 35.1 Å². The van der Waals surface area contributed by atoms with Crippen molar-refractivity contribution < 1.29 is 19.1 Å². The van der Waals surface area contributed by atoms with E-state index in [2.05, 4.69) is 11.8 Å². The number of amides is 1. The molecule has 0 saturated carbocycles. The van der Waals surface area contributed by atoms with Crippen molar-refractivity contribution in [3.8, 4) is 11.8 Å². The van der Waals surface area contributed by atoms with Crippen LogP contribution in [-0.2, 0) is 16.0 Å². The van der Waals surface area contributed by atoms with E-state index in [4.69, 9.17) is 10.8 Å². The molecule has 0 spiro atoms. The first-order valence-corrected chi connectivity index (χ1v) is 4.76. The maximum absolute atomic E-state index is 13.3. The number of carbonyl (C=O) groups is 2. The van der Waals surface area contributed by atoms with Gasteiger partial charge in [0, 0.05) is 0 Å². The number of hydrogen-bond acceptors (Lipinski definition) is 2. The van der Waals surface area contributed by atoms with E-state index in [-0.39, 0.29) is 18.4 Å². The number of hydrogen-bond donors (Lipinski definition) is 2. The summed E-state index contributed by atoms with van der Waals surface area (Å²) < 4.78 is 13.3. The Bertz CT molecular complexity index is 514. The molecule has 1 aromatic carbocycles. The van der Waals surface area contributed by atoms with Crippen molar-refractivity contribution in [2.24, 2.45) is 5.73 Å². The summed E-state index contributed by atoms with van der Waals surface area (Å²) >= 11 is 0. The highest BCUT2D eigenvalue weighted by Gasteiger charge is 2.04. The molecule has 0 aromatic heterocycles. The Hall–Kier alpha value is -2.35. The number of halogens is 1. The first kappa shape index (κ1) is 12.7. The highest BCUT2D eigenvalue weighted by Crippen LogP contribution is 2.10. The number of carboxylic acids is 1. The SMILES string of the molecule is NC(=O)CC#Cc1cc(CC(=O)O)ccc1F. The molecule has 1 amide bonds. The van der Waals surface area contributed by atoms with Crippen LogP contribution in [0.3, 0.4) is 0 Å². The van der Waals surface area contributed by atoms with Crippen LogP contribution in [0, 0.1) is 17.7 Å². The van der Waals surface area contributed by atoms with Crippen molar-refractivity contribution in [1.82, 2.24) is 0 Å². The molecule has 0 saturated heterocycles. The molecule has 0 aliphatic heterocycles. The molecule has 1 rings (SSSR count). The molecule has 5 heteroatoms. The Labute approximate surface area is 97.2 Å². The van der Waals surface area contributed by atoms with Gasteiger partial charge >= 0.3 is 5.97 Å². The summed E-state index contributed by atoms with van der Waals surface area (Å²) in [4.78, 5) is 20.9. The highest BCUT2D eigenvalue weighted by molar-refractivity contribution is 5.76. The van der Waals surface area contributed by atoms with E-state index >= 15 is 0 Å². The van der Waals surface area contributed by atoms with E-state index in [1.54, 1.807) is 0 Å². The summed E-state index contributed by atoms with van der Waals surface area (Å²) in [5.74, 6) is 2.69. The lowest BCUT2D eigenvalue weighted by atomic mass is 10.1. The Morgan fingerprint density at radius 1 is 1.41 bits per heavy atom. The maximum atomic E-state index is 13.3. The van der Waals surface area contributed by atoms with E-state index in [9.17, 15) is 14.0 Å². The number of rotatable bonds is 3. The molecule has 0 bridgehead atoms. The van der Waals surface area contributed by atoms with Crippen molar-refractivity contribution >= 4 is 11.9 Å². The zero-order valence-corrected chi connectivity index (χ0v) is 8.87. The maximum Gasteiger partial charge on any atom is 0.307 e. The number of benzene rings is 1. The zero-order chi connectivity index (χ0) is 12.8. The van der Waals surface area contributed by atoms with Crippen molar-refractivity contribution in [2.75, 3.05) is 0 Å². The minimum Gasteiger partial charge on any atom is -0.481 e. The molecular weight excluding hydrogens is 225 g/mol. The standard InChI is InChI=1S/C12H10FNO3/c13-10-5-4-8(7-12(16)17)6-9(10)2-1-3-11(14)15/h4-6H,3,7H2,(H2,14,15)(H,16,17). The number of carboxylic acid groups (broad SMARTS) is 1. The summed E-state index contributed by atoms with van der Waals surface area (Å²) in [6, 6.07) is 3.87. The van der Waals surface area contributed by atoms with Gasteiger partial charge in [-0.05, 0) is 17.7 Å². The van der Waals surface area contributed by atoms with Gasteiger partial charge in [0.15, 0.2) is 0 Å². The fourth-order valence-corrected chi connectivity index (χ4v) is 1.18. The highest BCUT2D eigenvalue weighted by atomic mass is 19.1. The van der Waals surface area contributed by atoms with Gasteiger partial charge in [-0.3, -0.25) is 9.59 Å². The molecule has 3 N–H and O–H groups in total. The zero-order valence-electron chi connectivity index (χ0n) is 8.87. The molecule has 0 fully saturated rings. The number of nitrogens with two attached hydrogens (primary N) is 1. The average Bonchev–Trinajstić information content (AvgIpc) is 2.21. The Kier molecular flexibility index (Phi) is 4.23. The lowest BCUT2D eigenvalue weighted by Crippen LogP contribution is -2.08. The number of carbonyl (C=O) groups excluding carboxylic acids is 1. The van der Waals surface area contributed by atoms with Gasteiger partial charge in [0.2, 0.25) is 5.91 Å². The third kappa shape index (κ3) is 4.34. The van der Waals surface area contributed by atoms with Gasteiger partial charge in [-0.1, -0.05) is 17.9 Å². The summed E-state index contributed by atoms with van der Waals surface area (Å²) in [6.45, 7) is 0. The van der Waals surface area contributed by atoms with Gasteiger partial charge in [0.25, 0.3) is 0 Å². The third-order valence-corrected chi connectivity index (χ3v) is 1.87. The Morgan fingerprint density at radius 2 is 2.12 bits per heavy atom. The topological polar surface area (TPSA) is 80.4 Å². The Balaban J connectivity index is 2.92. The molecule has 1 aromatic rings. The lowest BCUT2D eigenvalue weighted by Gasteiger charge is -1.99. The van der Waals surface area contributed by atoms with Gasteiger partial charge in [0.1, 0.15) is 5.82 Å². The summed E-state index contributed by atoms with van der Waals surface area (Å²) in [7, 11) is 0. The minimum absolute atomic E-state index is 0.0602. The van der Waals surface area contributed by atoms with Crippen LogP contribution in [0.25, 0.3) is 0 Å². The van der Waals surface area contributed by atoms with E-state index < -0.39 is 17.7 Å².